The summed E-state index contributed by atoms with van der Waals surface area (Å²) in [7, 11) is -16.8. The molecule has 8 aromatic rings. The van der Waals surface area contributed by atoms with E-state index in [0.717, 1.165) is 48.5 Å². The first-order valence-electron chi connectivity index (χ1n) is 21.4. The van der Waals surface area contributed by atoms with Crippen LogP contribution in [0.5, 0.6) is 0 Å². The van der Waals surface area contributed by atoms with Gasteiger partial charge in [-0.25, -0.2) is 4.79 Å². The number of hydrogen-bond donors (Lipinski definition) is 10. The average molecular weight is 1160 g/mol. The summed E-state index contributed by atoms with van der Waals surface area (Å²) >= 11 is 0. The molecule has 0 fully saturated rings. The molecular formula is C47H40N8Na2O17S4. The van der Waals surface area contributed by atoms with Crippen LogP contribution in [-0.4, -0.2) is 150 Å². The number of carbonyl (C=O) groups is 5. The fourth-order valence-electron chi connectivity index (χ4n) is 8.07. The van der Waals surface area contributed by atoms with Crippen LogP contribution in [0.15, 0.2) is 153 Å². The van der Waals surface area contributed by atoms with Gasteiger partial charge >= 0.3 is 65.1 Å². The number of hydrogen-bond acceptors (Lipinski definition) is 13. The number of nitrogens with zero attached hydrogens (tertiary/aromatic N) is 2. The maximum absolute atomic E-state index is 13.4. The van der Waals surface area contributed by atoms with E-state index < -0.39 is 101 Å². The van der Waals surface area contributed by atoms with Crippen molar-refractivity contribution in [2.75, 3.05) is 31.9 Å². The number of fused-ring (bicyclic) bond motifs is 2. The molecule has 8 rings (SSSR count). The second kappa shape index (κ2) is 23.3. The zero-order valence-corrected chi connectivity index (χ0v) is 42.1. The van der Waals surface area contributed by atoms with Gasteiger partial charge in [-0.1, -0.05) is 48.5 Å². The van der Waals surface area contributed by atoms with Crippen LogP contribution in [0, 0.1) is 0 Å². The van der Waals surface area contributed by atoms with Crippen molar-refractivity contribution in [2.24, 2.45) is 14.1 Å². The first-order chi connectivity index (χ1) is 35.6. The van der Waals surface area contributed by atoms with Crippen LogP contribution < -0.4 is 31.9 Å². The van der Waals surface area contributed by atoms with Crippen LogP contribution in [0.3, 0.4) is 0 Å². The second-order valence-electron chi connectivity index (χ2n) is 16.5. The van der Waals surface area contributed by atoms with Gasteiger partial charge in [0.05, 0.1) is 22.7 Å². The van der Waals surface area contributed by atoms with Gasteiger partial charge in [0.2, 0.25) is 0 Å². The third-order valence-corrected chi connectivity index (χ3v) is 15.0. The van der Waals surface area contributed by atoms with E-state index in [1.807, 2.05) is 0 Å². The number of nitrogens with one attached hydrogen (secondary N) is 6. The molecular weight excluding hydrogens is 1120 g/mol. The molecule has 0 aliphatic heterocycles. The van der Waals surface area contributed by atoms with Gasteiger partial charge in [0.1, 0.15) is 31.0 Å². The number of carbonyl (C=O) groups excluding carboxylic acids is 5. The number of aryl methyl sites for hydroxylation is 2. The van der Waals surface area contributed by atoms with E-state index in [-0.39, 0.29) is 126 Å². The van der Waals surface area contributed by atoms with E-state index in [1.165, 1.54) is 108 Å². The van der Waals surface area contributed by atoms with Crippen molar-refractivity contribution >= 4 is 185 Å². The van der Waals surface area contributed by atoms with Crippen LogP contribution in [0.2, 0.25) is 0 Å². The zero-order chi connectivity index (χ0) is 55.2. The molecule has 0 radical (unpaired) electrons. The van der Waals surface area contributed by atoms with E-state index in [1.54, 1.807) is 0 Å². The first kappa shape index (κ1) is 60.4. The van der Waals surface area contributed by atoms with E-state index in [2.05, 4.69) is 31.9 Å². The third-order valence-electron chi connectivity index (χ3n) is 11.3. The molecule has 0 saturated carbocycles. The summed E-state index contributed by atoms with van der Waals surface area (Å²) < 4.78 is 140. The number of aromatic nitrogens is 2. The van der Waals surface area contributed by atoms with Gasteiger partial charge < -0.3 is 41.0 Å². The molecule has 0 bridgehead atoms. The summed E-state index contributed by atoms with van der Waals surface area (Å²) in [5.74, 6) is -3.17. The molecule has 2 aromatic heterocycles. The van der Waals surface area contributed by atoms with Crippen molar-refractivity contribution in [3.8, 4) is 0 Å². The van der Waals surface area contributed by atoms with Crippen LogP contribution in [-0.2, 0) is 54.6 Å². The summed E-state index contributed by atoms with van der Waals surface area (Å²) in [4.78, 5) is 63.8. The molecule has 0 saturated heterocycles. The molecule has 31 heteroatoms. The molecule has 6 amide bonds. The zero-order valence-electron chi connectivity index (χ0n) is 38.8. The fourth-order valence-corrected chi connectivity index (χ4v) is 11.2. The molecule has 10 N–H and O–H groups in total. The Hall–Kier alpha value is -6.81. The van der Waals surface area contributed by atoms with Gasteiger partial charge in [-0.15, -0.1) is 0 Å². The van der Waals surface area contributed by atoms with Crippen molar-refractivity contribution in [3.05, 3.63) is 156 Å². The van der Waals surface area contributed by atoms with Crippen molar-refractivity contribution in [2.45, 2.75) is 19.6 Å². The first-order valence-corrected chi connectivity index (χ1v) is 27.2. The van der Waals surface area contributed by atoms with Crippen LogP contribution >= 0.6 is 0 Å². The Bertz CT molecular complexity index is 4010. The Morgan fingerprint density at radius 2 is 0.744 bits per heavy atom. The molecule has 0 atom stereocenters. The molecule has 25 nitrogen and oxygen atoms in total. The number of urea groups is 1. The summed E-state index contributed by atoms with van der Waals surface area (Å²) in [6.07, 6.45) is 2.84. The SMILES string of the molecule is Cn1cc(NC(=O)Nc2cc(C(=O)Nc3cccc(C(=O)Nc4ccc5c(S(=O)(=O)O)cccc5c4S(=O)(=O)O)c3)n(C)c2)cc1C(=O)Nc1cccc(C(=O)Nc2ccc3c(S(=O)(=O)O)cccc3c2S(=O)(=O)O)c1.[NaH].[NaH]. The molecule has 0 unspecified atom stereocenters. The quantitative estimate of drug-likeness (QED) is 0.0505. The molecule has 396 valence electrons. The van der Waals surface area contributed by atoms with Crippen molar-refractivity contribution in [3.63, 3.8) is 0 Å². The predicted molar refractivity (Wildman–Crippen MR) is 290 cm³/mol. The van der Waals surface area contributed by atoms with E-state index in [4.69, 9.17) is 0 Å². The van der Waals surface area contributed by atoms with Crippen molar-refractivity contribution < 1.29 is 75.9 Å². The summed E-state index contributed by atoms with van der Waals surface area (Å²) in [5.41, 5.74) is -0.409. The number of rotatable bonds is 14. The average Bonchev–Trinajstić information content (AvgIpc) is 3.94. The maximum atomic E-state index is 13.4. The topological polar surface area (TPSA) is 385 Å². The molecule has 0 spiro atoms. The summed E-state index contributed by atoms with van der Waals surface area (Å²) in [5, 5.41) is 14.0. The van der Waals surface area contributed by atoms with E-state index in [0.29, 0.717) is 0 Å². The Labute approximate surface area is 487 Å². The molecule has 6 aromatic carbocycles. The van der Waals surface area contributed by atoms with Gasteiger partial charge in [0.25, 0.3) is 64.1 Å². The normalized spacial score (nSPS) is 11.7. The van der Waals surface area contributed by atoms with Gasteiger partial charge in [-0.2, -0.15) is 33.7 Å². The Kier molecular flexibility index (Phi) is 18.0. The number of anilines is 6. The molecule has 78 heavy (non-hydrogen) atoms. The molecule has 0 aliphatic carbocycles. The monoisotopic (exact) mass is 1160 g/mol. The third kappa shape index (κ3) is 13.4. The predicted octanol–water partition coefficient (Wildman–Crippen LogP) is 5.01. The van der Waals surface area contributed by atoms with Crippen LogP contribution in [0.4, 0.5) is 38.9 Å². The summed E-state index contributed by atoms with van der Waals surface area (Å²) in [6, 6.07) is 23.8. The Balaban J connectivity index is 0.00000492. The van der Waals surface area contributed by atoms with Crippen molar-refractivity contribution in [1.82, 2.24) is 9.13 Å². The van der Waals surface area contributed by atoms with Crippen LogP contribution in [0.25, 0.3) is 21.5 Å². The van der Waals surface area contributed by atoms with Gasteiger partial charge in [0, 0.05) is 70.5 Å². The van der Waals surface area contributed by atoms with Gasteiger partial charge in [-0.3, -0.25) is 37.4 Å². The standard InChI is InChI=1S/C47H38N8O17S4.2Na.2H/c1-54-23-29(21-37(54)45(58)48-27-9-3-7-25(19-27)43(56)52-35-17-15-31-33(41(35)75(67,68)69)11-5-13-39(31)73(61,62)63)50-47(60)51-30-22-38(55(2)24-30)46(59)49-28-10-4-8-26(20-28)44(57)53-36-18-16-32-34(42(36)76(70,71)72)12-6-14-40(32)74(64,65)66;;;;/h3-24H,1-2H3,(H,48,58)(H,49,59)(H,52,56)(H,53,57)(H2,50,51,60)(H,61,62,63)(H,64,65,66)(H,67,68,69)(H,70,71,72);;;;. The molecule has 0 aliphatic rings. The Morgan fingerprint density at radius 1 is 0.385 bits per heavy atom. The number of benzene rings is 6. The van der Waals surface area contributed by atoms with Crippen molar-refractivity contribution in [1.29, 1.82) is 0 Å². The van der Waals surface area contributed by atoms with E-state index in [9.17, 15) is 75.9 Å². The molecule has 2 heterocycles. The van der Waals surface area contributed by atoms with Gasteiger partial charge in [0.15, 0.2) is 0 Å². The van der Waals surface area contributed by atoms with E-state index >= 15 is 0 Å². The Morgan fingerprint density at radius 3 is 1.09 bits per heavy atom. The minimum absolute atomic E-state index is 0. The van der Waals surface area contributed by atoms with Crippen LogP contribution in [0.1, 0.15) is 41.7 Å². The summed E-state index contributed by atoms with van der Waals surface area (Å²) in [6.45, 7) is 0. The van der Waals surface area contributed by atoms with Gasteiger partial charge in [-0.05, 0) is 72.8 Å². The number of amides is 6. The fraction of sp³-hybridized carbons (Fsp3) is 0.0426. The minimum atomic E-state index is -5.10. The second-order valence-corrected chi connectivity index (χ2v) is 22.0.